The summed E-state index contributed by atoms with van der Waals surface area (Å²) in [5, 5.41) is 6.59. The lowest BCUT2D eigenvalue weighted by atomic mass is 10.1. The summed E-state index contributed by atoms with van der Waals surface area (Å²) in [6.07, 6.45) is 0. The van der Waals surface area contributed by atoms with E-state index in [0.29, 0.717) is 12.6 Å². The number of morpholine rings is 1. The number of rotatable bonds is 4. The minimum atomic E-state index is -0.253. The number of nitrogens with one attached hydrogen (secondary N) is 2. The van der Waals surface area contributed by atoms with Crippen LogP contribution in [0.3, 0.4) is 0 Å². The molecule has 1 aromatic carbocycles. The maximum Gasteiger partial charge on any atom is 0.191 e. The second-order valence-electron chi connectivity index (χ2n) is 5.64. The molecule has 0 amide bonds. The summed E-state index contributed by atoms with van der Waals surface area (Å²) in [4.78, 5) is 6.59. The van der Waals surface area contributed by atoms with E-state index in [1.54, 1.807) is 13.1 Å². The number of guanidine groups is 1. The van der Waals surface area contributed by atoms with Crippen molar-refractivity contribution in [3.63, 3.8) is 0 Å². The fourth-order valence-corrected chi connectivity index (χ4v) is 2.82. The fraction of sp³-hybridized carbons (Fsp3) is 0.562. The van der Waals surface area contributed by atoms with Crippen LogP contribution >= 0.6 is 0 Å². The molecule has 1 unspecified atom stereocenters. The van der Waals surface area contributed by atoms with E-state index in [1.165, 1.54) is 12.1 Å². The van der Waals surface area contributed by atoms with Crippen LogP contribution in [-0.4, -0.2) is 63.9 Å². The van der Waals surface area contributed by atoms with E-state index in [2.05, 4.69) is 20.5 Å². The molecule has 0 aliphatic carbocycles. The monoisotopic (exact) mass is 322 g/mol. The first kappa shape index (κ1) is 16.0. The van der Waals surface area contributed by atoms with Crippen molar-refractivity contribution in [3.8, 4) is 5.75 Å². The predicted octanol–water partition coefficient (Wildman–Crippen LogP) is 0.756. The zero-order valence-electron chi connectivity index (χ0n) is 13.3. The highest BCUT2D eigenvalue weighted by Crippen LogP contribution is 2.32. The Hall–Kier alpha value is -1.86. The van der Waals surface area contributed by atoms with Crippen molar-refractivity contribution in [2.24, 2.45) is 4.99 Å². The van der Waals surface area contributed by atoms with Crippen molar-refractivity contribution < 1.29 is 13.9 Å². The first-order chi connectivity index (χ1) is 11.3. The Morgan fingerprint density at radius 3 is 3.00 bits per heavy atom. The van der Waals surface area contributed by atoms with Gasteiger partial charge in [0.2, 0.25) is 0 Å². The summed E-state index contributed by atoms with van der Waals surface area (Å²) in [6.45, 7) is 5.75. The van der Waals surface area contributed by atoms with Crippen molar-refractivity contribution >= 4 is 5.96 Å². The minimum absolute atomic E-state index is 0.0877. The highest BCUT2D eigenvalue weighted by atomic mass is 19.1. The normalized spacial score (nSPS) is 21.7. The molecule has 2 aliphatic heterocycles. The molecule has 0 spiro atoms. The summed E-state index contributed by atoms with van der Waals surface area (Å²) < 4.78 is 24.3. The van der Waals surface area contributed by atoms with Crippen LogP contribution in [0.2, 0.25) is 0 Å². The second kappa shape index (κ2) is 7.61. The van der Waals surface area contributed by atoms with E-state index in [1.807, 2.05) is 0 Å². The molecule has 1 atom stereocenters. The average molecular weight is 322 g/mol. The van der Waals surface area contributed by atoms with Crippen molar-refractivity contribution in [1.82, 2.24) is 15.5 Å². The second-order valence-corrected chi connectivity index (χ2v) is 5.64. The number of halogens is 1. The van der Waals surface area contributed by atoms with Crippen LogP contribution in [0.25, 0.3) is 0 Å². The van der Waals surface area contributed by atoms with Gasteiger partial charge in [-0.2, -0.15) is 0 Å². The fourth-order valence-electron chi connectivity index (χ4n) is 2.82. The highest BCUT2D eigenvalue weighted by molar-refractivity contribution is 5.80. The van der Waals surface area contributed by atoms with E-state index in [9.17, 15) is 4.39 Å². The number of hydrogen-bond acceptors (Lipinski definition) is 4. The van der Waals surface area contributed by atoms with Gasteiger partial charge < -0.3 is 20.1 Å². The number of aliphatic imine (C=N–C) groups is 1. The molecule has 2 N–H and O–H groups in total. The molecular formula is C16H23FN4O2. The lowest BCUT2D eigenvalue weighted by molar-refractivity contribution is 0.0389. The molecule has 0 aromatic heterocycles. The Bertz CT molecular complexity index is 561. The maximum atomic E-state index is 13.4. The van der Waals surface area contributed by atoms with Gasteiger partial charge in [0, 0.05) is 38.8 Å². The minimum Gasteiger partial charge on any atom is -0.491 e. The van der Waals surface area contributed by atoms with Crippen LogP contribution in [0, 0.1) is 5.82 Å². The number of nitrogens with zero attached hydrogens (tertiary/aromatic N) is 2. The molecular weight excluding hydrogens is 299 g/mol. The van der Waals surface area contributed by atoms with Crippen molar-refractivity contribution in [2.45, 2.75) is 6.04 Å². The Kier molecular flexibility index (Phi) is 5.30. The van der Waals surface area contributed by atoms with Gasteiger partial charge in [0.25, 0.3) is 0 Å². The maximum absolute atomic E-state index is 13.4. The smallest absolute Gasteiger partial charge is 0.191 e. The van der Waals surface area contributed by atoms with Crippen molar-refractivity contribution in [2.75, 3.05) is 53.0 Å². The third-order valence-electron chi connectivity index (χ3n) is 4.11. The zero-order chi connectivity index (χ0) is 16.1. The van der Waals surface area contributed by atoms with Crippen molar-refractivity contribution in [1.29, 1.82) is 0 Å². The molecule has 2 aliphatic rings. The number of benzene rings is 1. The van der Waals surface area contributed by atoms with Gasteiger partial charge in [-0.3, -0.25) is 9.89 Å². The van der Waals surface area contributed by atoms with Gasteiger partial charge in [-0.15, -0.1) is 0 Å². The standard InChI is InChI=1S/C16H23FN4O2/c1-18-16(19-4-5-21-6-8-22-9-7-21)20-14-11-23-15-3-2-12(17)10-13(14)15/h2-3,10,14H,4-9,11H2,1H3,(H2,18,19,20). The third-order valence-corrected chi connectivity index (χ3v) is 4.11. The van der Waals surface area contributed by atoms with Gasteiger partial charge in [-0.05, 0) is 18.2 Å². The lowest BCUT2D eigenvalue weighted by Gasteiger charge is -2.27. The largest absolute Gasteiger partial charge is 0.491 e. The third kappa shape index (κ3) is 4.11. The van der Waals surface area contributed by atoms with Gasteiger partial charge in [0.05, 0.1) is 19.3 Å². The quantitative estimate of drug-likeness (QED) is 0.633. The van der Waals surface area contributed by atoms with Gasteiger partial charge in [0.15, 0.2) is 5.96 Å². The van der Waals surface area contributed by atoms with Crippen LogP contribution in [0.1, 0.15) is 11.6 Å². The number of hydrogen-bond donors (Lipinski definition) is 2. The molecule has 6 nitrogen and oxygen atoms in total. The van der Waals surface area contributed by atoms with Gasteiger partial charge in [-0.25, -0.2) is 4.39 Å². The Morgan fingerprint density at radius 2 is 2.22 bits per heavy atom. The molecule has 7 heteroatoms. The molecule has 1 fully saturated rings. The van der Waals surface area contributed by atoms with E-state index < -0.39 is 0 Å². The number of fused-ring (bicyclic) bond motifs is 1. The van der Waals surface area contributed by atoms with E-state index in [-0.39, 0.29) is 11.9 Å². The van der Waals surface area contributed by atoms with Crippen LogP contribution in [-0.2, 0) is 4.74 Å². The lowest BCUT2D eigenvalue weighted by Crippen LogP contribution is -2.45. The van der Waals surface area contributed by atoms with E-state index in [4.69, 9.17) is 9.47 Å². The number of ether oxygens (including phenoxy) is 2. The summed E-state index contributed by atoms with van der Waals surface area (Å²) in [7, 11) is 1.73. The molecule has 3 rings (SSSR count). The highest BCUT2D eigenvalue weighted by Gasteiger charge is 2.25. The summed E-state index contributed by atoms with van der Waals surface area (Å²) in [6, 6.07) is 4.51. The molecule has 1 saturated heterocycles. The predicted molar refractivity (Wildman–Crippen MR) is 86.4 cm³/mol. The molecule has 0 saturated carbocycles. The average Bonchev–Trinajstić information content (AvgIpc) is 2.97. The van der Waals surface area contributed by atoms with Crippen LogP contribution in [0.5, 0.6) is 5.75 Å². The molecule has 2 heterocycles. The molecule has 1 aromatic rings. The van der Waals surface area contributed by atoms with Crippen LogP contribution in [0.4, 0.5) is 4.39 Å². The summed E-state index contributed by atoms with van der Waals surface area (Å²) in [5.41, 5.74) is 0.834. The van der Waals surface area contributed by atoms with Gasteiger partial charge >= 0.3 is 0 Å². The van der Waals surface area contributed by atoms with E-state index in [0.717, 1.165) is 50.7 Å². The van der Waals surface area contributed by atoms with Crippen molar-refractivity contribution in [3.05, 3.63) is 29.6 Å². The topological polar surface area (TPSA) is 58.1 Å². The SMILES string of the molecule is CN=C(NCCN1CCOCC1)NC1COc2ccc(F)cc21. The van der Waals surface area contributed by atoms with Crippen LogP contribution < -0.4 is 15.4 Å². The van der Waals surface area contributed by atoms with Gasteiger partial charge in [0.1, 0.15) is 18.2 Å². The molecule has 126 valence electrons. The summed E-state index contributed by atoms with van der Waals surface area (Å²) >= 11 is 0. The van der Waals surface area contributed by atoms with Crippen LogP contribution in [0.15, 0.2) is 23.2 Å². The van der Waals surface area contributed by atoms with Gasteiger partial charge in [-0.1, -0.05) is 0 Å². The molecule has 23 heavy (non-hydrogen) atoms. The first-order valence-corrected chi connectivity index (χ1v) is 7.96. The Balaban J connectivity index is 1.50. The molecule has 0 radical (unpaired) electrons. The zero-order valence-corrected chi connectivity index (χ0v) is 13.3. The Morgan fingerprint density at radius 1 is 1.39 bits per heavy atom. The first-order valence-electron chi connectivity index (χ1n) is 7.96. The molecule has 0 bridgehead atoms. The Labute approximate surface area is 135 Å². The van der Waals surface area contributed by atoms with E-state index >= 15 is 0 Å². The summed E-state index contributed by atoms with van der Waals surface area (Å²) in [5.74, 6) is 1.17.